The molecule has 1 rings (SSSR count). The fraction of sp³-hybridized carbons (Fsp3) is 0.913. The zero-order chi connectivity index (χ0) is 22.6. The number of β-amino-alcohol motifs (C(OH)–C–C–N with tert-alkyl or cyclic N) is 2. The largest absolute Gasteiger partial charge is 0.391 e. The summed E-state index contributed by atoms with van der Waals surface area (Å²) in [5.74, 6) is -0.308. The number of urea groups is 1. The van der Waals surface area contributed by atoms with E-state index in [-0.39, 0.29) is 29.8 Å². The van der Waals surface area contributed by atoms with Crippen LogP contribution in [0.3, 0.4) is 0 Å². The van der Waals surface area contributed by atoms with Crippen molar-refractivity contribution in [2.24, 2.45) is 10.8 Å². The number of rotatable bonds is 12. The summed E-state index contributed by atoms with van der Waals surface area (Å²) in [6.07, 6.45) is 3.44. The zero-order valence-electron chi connectivity index (χ0n) is 19.9. The molecule has 3 amide bonds. The van der Waals surface area contributed by atoms with Crippen molar-refractivity contribution in [3.05, 3.63) is 0 Å². The molecule has 1 aliphatic rings. The van der Waals surface area contributed by atoms with Gasteiger partial charge in [0.1, 0.15) is 5.54 Å². The minimum atomic E-state index is -1.02. The molecule has 2 unspecified atom stereocenters. The highest BCUT2D eigenvalue weighted by Gasteiger charge is 2.52. The van der Waals surface area contributed by atoms with Crippen LogP contribution < -0.4 is 0 Å². The van der Waals surface area contributed by atoms with Crippen molar-refractivity contribution in [1.29, 1.82) is 0 Å². The maximum Gasteiger partial charge on any atom is 0.327 e. The van der Waals surface area contributed by atoms with Crippen molar-refractivity contribution in [2.45, 2.75) is 112 Å². The van der Waals surface area contributed by atoms with E-state index >= 15 is 0 Å². The molecule has 0 aromatic carbocycles. The molecule has 0 saturated carbocycles. The molecular formula is C23H44N2O4. The van der Waals surface area contributed by atoms with Gasteiger partial charge in [-0.3, -0.25) is 9.69 Å². The Morgan fingerprint density at radius 3 is 1.59 bits per heavy atom. The molecule has 1 aliphatic heterocycles. The highest BCUT2D eigenvalue weighted by atomic mass is 16.3. The monoisotopic (exact) mass is 412 g/mol. The molecule has 0 aliphatic carbocycles. The van der Waals surface area contributed by atoms with Gasteiger partial charge in [0.2, 0.25) is 0 Å². The van der Waals surface area contributed by atoms with Crippen molar-refractivity contribution in [3.8, 4) is 0 Å². The molecule has 0 aromatic rings. The molecule has 0 radical (unpaired) electrons. The quantitative estimate of drug-likeness (QED) is 0.471. The van der Waals surface area contributed by atoms with Crippen LogP contribution in [0, 0.1) is 10.8 Å². The Balaban J connectivity index is 2.89. The smallest absolute Gasteiger partial charge is 0.327 e. The van der Waals surface area contributed by atoms with E-state index < -0.39 is 23.8 Å². The van der Waals surface area contributed by atoms with Crippen molar-refractivity contribution < 1.29 is 19.8 Å². The molecule has 0 aromatic heterocycles. The third-order valence-electron chi connectivity index (χ3n) is 7.56. The molecule has 1 saturated heterocycles. The van der Waals surface area contributed by atoms with Crippen LogP contribution in [-0.2, 0) is 4.79 Å². The Bertz CT molecular complexity index is 567. The van der Waals surface area contributed by atoms with Gasteiger partial charge in [-0.1, -0.05) is 67.2 Å². The number of aliphatic hydroxyl groups is 2. The van der Waals surface area contributed by atoms with Crippen LogP contribution in [0.15, 0.2) is 0 Å². The van der Waals surface area contributed by atoms with Crippen LogP contribution in [0.25, 0.3) is 0 Å². The summed E-state index contributed by atoms with van der Waals surface area (Å²) in [6, 6.07) is -0.414. The summed E-state index contributed by atoms with van der Waals surface area (Å²) in [4.78, 5) is 28.6. The highest BCUT2D eigenvalue weighted by molar-refractivity contribution is 6.06. The first-order chi connectivity index (χ1) is 13.3. The van der Waals surface area contributed by atoms with Gasteiger partial charge in [0.15, 0.2) is 0 Å². The molecule has 29 heavy (non-hydrogen) atoms. The van der Waals surface area contributed by atoms with Crippen LogP contribution in [0.2, 0.25) is 0 Å². The second-order valence-corrected chi connectivity index (χ2v) is 10.1. The van der Waals surface area contributed by atoms with E-state index in [0.717, 1.165) is 25.7 Å². The summed E-state index contributed by atoms with van der Waals surface area (Å²) in [5.41, 5.74) is -1.02. The average molecular weight is 413 g/mol. The predicted octanol–water partition coefficient (Wildman–Crippen LogP) is 4.18. The molecule has 2 atom stereocenters. The molecule has 6 nitrogen and oxygen atoms in total. The topological polar surface area (TPSA) is 81.1 Å². The molecular weight excluding hydrogens is 368 g/mol. The number of carbonyl (C=O) groups excluding carboxylic acids is 2. The predicted molar refractivity (Wildman–Crippen MR) is 117 cm³/mol. The standard InChI is InChI=1S/C23H44N2O4/c1-9-22(7,10-2)13-17(26)15-24-19(28)21(5,6)25(20(24)29)16-18(27)14-23(8,11-3)12-4/h17-18,26-27H,9-16H2,1-8H3. The lowest BCUT2D eigenvalue weighted by Gasteiger charge is -2.34. The number of nitrogens with zero attached hydrogens (tertiary/aromatic N) is 2. The van der Waals surface area contributed by atoms with Gasteiger partial charge in [-0.15, -0.1) is 0 Å². The van der Waals surface area contributed by atoms with Gasteiger partial charge in [0.05, 0.1) is 18.8 Å². The fourth-order valence-electron chi connectivity index (χ4n) is 4.15. The number of hydrogen-bond donors (Lipinski definition) is 2. The number of amides is 3. The second kappa shape index (κ2) is 9.78. The molecule has 2 N–H and O–H groups in total. The SMILES string of the molecule is CCC(C)(CC)CC(O)CN1C(=O)N(CC(O)CC(C)(CC)CC)C(C)(C)C1=O. The first kappa shape index (κ1) is 25.9. The summed E-state index contributed by atoms with van der Waals surface area (Å²) < 4.78 is 0. The van der Waals surface area contributed by atoms with Crippen molar-refractivity contribution in [3.63, 3.8) is 0 Å². The third-order valence-corrected chi connectivity index (χ3v) is 7.56. The lowest BCUT2D eigenvalue weighted by Crippen LogP contribution is -2.48. The van der Waals surface area contributed by atoms with Crippen LogP contribution >= 0.6 is 0 Å². The van der Waals surface area contributed by atoms with Crippen LogP contribution in [0.5, 0.6) is 0 Å². The van der Waals surface area contributed by atoms with Crippen LogP contribution in [-0.4, -0.2) is 62.8 Å². The number of aliphatic hydroxyl groups excluding tert-OH is 2. The highest BCUT2D eigenvalue weighted by Crippen LogP contribution is 2.35. The van der Waals surface area contributed by atoms with Crippen molar-refractivity contribution >= 4 is 11.9 Å². The van der Waals surface area contributed by atoms with E-state index in [1.165, 1.54) is 9.80 Å². The Hall–Kier alpha value is -1.14. The average Bonchev–Trinajstić information content (AvgIpc) is 2.82. The Labute approximate surface area is 177 Å². The Kier molecular flexibility index (Phi) is 8.73. The molecule has 1 fully saturated rings. The minimum Gasteiger partial charge on any atom is -0.391 e. The summed E-state index contributed by atoms with van der Waals surface area (Å²) in [5, 5.41) is 21.2. The second-order valence-electron chi connectivity index (χ2n) is 10.1. The summed E-state index contributed by atoms with van der Waals surface area (Å²) in [7, 11) is 0. The van der Waals surface area contributed by atoms with Crippen molar-refractivity contribution in [2.75, 3.05) is 13.1 Å². The minimum absolute atomic E-state index is 0.00488. The van der Waals surface area contributed by atoms with E-state index in [0.29, 0.717) is 12.8 Å². The molecule has 170 valence electrons. The zero-order valence-corrected chi connectivity index (χ0v) is 19.9. The number of hydrogen-bond acceptors (Lipinski definition) is 4. The molecule has 0 spiro atoms. The van der Waals surface area contributed by atoms with Crippen LogP contribution in [0.1, 0.15) is 93.9 Å². The maximum absolute atomic E-state index is 13.0. The lowest BCUT2D eigenvalue weighted by molar-refractivity contribution is -0.133. The maximum atomic E-state index is 13.0. The Morgan fingerprint density at radius 1 is 0.828 bits per heavy atom. The van der Waals surface area contributed by atoms with Gasteiger partial charge in [-0.25, -0.2) is 4.79 Å². The molecule has 6 heteroatoms. The normalized spacial score (nSPS) is 19.8. The van der Waals surface area contributed by atoms with E-state index in [4.69, 9.17) is 0 Å². The van der Waals surface area contributed by atoms with Gasteiger partial charge in [0, 0.05) is 6.54 Å². The van der Waals surface area contributed by atoms with E-state index in [1.807, 2.05) is 0 Å². The van der Waals surface area contributed by atoms with Gasteiger partial charge >= 0.3 is 6.03 Å². The molecule has 1 heterocycles. The lowest BCUT2D eigenvalue weighted by atomic mass is 9.79. The summed E-state index contributed by atoms with van der Waals surface area (Å²) >= 11 is 0. The number of imide groups is 1. The van der Waals surface area contributed by atoms with Gasteiger partial charge in [-0.05, 0) is 37.5 Å². The number of carbonyl (C=O) groups is 2. The fourth-order valence-corrected chi connectivity index (χ4v) is 4.15. The Morgan fingerprint density at radius 2 is 1.21 bits per heavy atom. The summed E-state index contributed by atoms with van der Waals surface area (Å²) in [6.45, 7) is 16.2. The van der Waals surface area contributed by atoms with Gasteiger partial charge in [-0.2, -0.15) is 0 Å². The first-order valence-corrected chi connectivity index (χ1v) is 11.3. The van der Waals surface area contributed by atoms with E-state index in [9.17, 15) is 19.8 Å². The van der Waals surface area contributed by atoms with Crippen molar-refractivity contribution in [1.82, 2.24) is 9.80 Å². The van der Waals surface area contributed by atoms with Gasteiger partial charge in [0.25, 0.3) is 5.91 Å². The molecule has 0 bridgehead atoms. The van der Waals surface area contributed by atoms with Crippen LogP contribution in [0.4, 0.5) is 4.79 Å². The van der Waals surface area contributed by atoms with E-state index in [1.54, 1.807) is 13.8 Å². The van der Waals surface area contributed by atoms with E-state index in [2.05, 4.69) is 41.5 Å². The third kappa shape index (κ3) is 5.94. The first-order valence-electron chi connectivity index (χ1n) is 11.3. The van der Waals surface area contributed by atoms with Gasteiger partial charge < -0.3 is 15.1 Å².